The summed E-state index contributed by atoms with van der Waals surface area (Å²) in [5, 5.41) is 11.0. The highest BCUT2D eigenvalue weighted by Crippen LogP contribution is 2.40. The summed E-state index contributed by atoms with van der Waals surface area (Å²) in [4.78, 5) is 12.7. The molecule has 0 aliphatic heterocycles. The molecule has 1 aliphatic rings. The third-order valence-corrected chi connectivity index (χ3v) is 6.16. The molecule has 0 amide bonds. The van der Waals surface area contributed by atoms with Crippen LogP contribution >= 0.6 is 23.4 Å². The summed E-state index contributed by atoms with van der Waals surface area (Å²) >= 11 is 7.42. The molecule has 0 unspecified atom stereocenters. The molecule has 0 atom stereocenters. The standard InChI is InChI=1S/C22H18ClN3O2S/c23-17-8-9-19-16(10-17)11-20(28-19)18(27)13-29-22-25-24-21(15-6-7-15)26(22)12-14-4-2-1-3-5-14/h1-5,8-11,15H,6-7,12-13H2. The van der Waals surface area contributed by atoms with Crippen molar-refractivity contribution in [1.82, 2.24) is 14.8 Å². The number of aromatic nitrogens is 3. The van der Waals surface area contributed by atoms with Crippen molar-refractivity contribution >= 4 is 40.1 Å². The van der Waals surface area contributed by atoms with E-state index in [0.29, 0.717) is 28.8 Å². The average molecular weight is 424 g/mol. The zero-order valence-electron chi connectivity index (χ0n) is 15.5. The van der Waals surface area contributed by atoms with Gasteiger partial charge in [-0.2, -0.15) is 0 Å². The SMILES string of the molecule is O=C(CSc1nnc(C2CC2)n1Cc1ccccc1)c1cc2cc(Cl)ccc2o1. The number of thioether (sulfide) groups is 1. The highest BCUT2D eigenvalue weighted by molar-refractivity contribution is 7.99. The topological polar surface area (TPSA) is 60.9 Å². The van der Waals surface area contributed by atoms with Crippen LogP contribution in [0.15, 0.2) is 64.2 Å². The fourth-order valence-electron chi connectivity index (χ4n) is 3.32. The van der Waals surface area contributed by atoms with E-state index < -0.39 is 0 Å². The number of benzene rings is 2. The summed E-state index contributed by atoms with van der Waals surface area (Å²) in [5.41, 5.74) is 1.85. The third-order valence-electron chi connectivity index (χ3n) is 4.96. The van der Waals surface area contributed by atoms with Gasteiger partial charge in [-0.05, 0) is 42.7 Å². The predicted molar refractivity (Wildman–Crippen MR) is 114 cm³/mol. The fourth-order valence-corrected chi connectivity index (χ4v) is 4.31. The molecule has 7 heteroatoms. The van der Waals surface area contributed by atoms with Crippen molar-refractivity contribution in [3.63, 3.8) is 0 Å². The average Bonchev–Trinajstić information content (AvgIpc) is 3.36. The first kappa shape index (κ1) is 18.5. The fraction of sp³-hybridized carbons (Fsp3) is 0.227. The number of hydrogen-bond donors (Lipinski definition) is 0. The molecular weight excluding hydrogens is 406 g/mol. The van der Waals surface area contributed by atoms with E-state index in [4.69, 9.17) is 16.0 Å². The molecule has 0 N–H and O–H groups in total. The van der Waals surface area contributed by atoms with Gasteiger partial charge in [0, 0.05) is 16.3 Å². The number of furan rings is 1. The smallest absolute Gasteiger partial charge is 0.208 e. The molecule has 1 aliphatic carbocycles. The molecule has 2 aromatic heterocycles. The van der Waals surface area contributed by atoms with Crippen molar-refractivity contribution in [2.75, 3.05) is 5.75 Å². The first-order valence-electron chi connectivity index (χ1n) is 9.49. The number of nitrogens with zero attached hydrogens (tertiary/aromatic N) is 3. The molecule has 4 aromatic rings. The van der Waals surface area contributed by atoms with Crippen LogP contribution in [-0.4, -0.2) is 26.3 Å². The van der Waals surface area contributed by atoms with Gasteiger partial charge in [0.25, 0.3) is 0 Å². The minimum Gasteiger partial charge on any atom is -0.453 e. The Bertz CT molecular complexity index is 1180. The molecule has 29 heavy (non-hydrogen) atoms. The highest BCUT2D eigenvalue weighted by Gasteiger charge is 2.30. The van der Waals surface area contributed by atoms with Gasteiger partial charge in [-0.25, -0.2) is 0 Å². The van der Waals surface area contributed by atoms with Crippen molar-refractivity contribution in [2.45, 2.75) is 30.5 Å². The minimum absolute atomic E-state index is 0.0791. The van der Waals surface area contributed by atoms with Gasteiger partial charge in [-0.15, -0.1) is 10.2 Å². The van der Waals surface area contributed by atoms with E-state index in [2.05, 4.69) is 26.9 Å². The molecule has 1 saturated carbocycles. The van der Waals surface area contributed by atoms with Crippen molar-refractivity contribution in [3.05, 3.63) is 76.8 Å². The molecule has 2 heterocycles. The van der Waals surface area contributed by atoms with E-state index in [1.807, 2.05) is 18.2 Å². The minimum atomic E-state index is -0.0791. The number of fused-ring (bicyclic) bond motifs is 1. The Hall–Kier alpha value is -2.57. The van der Waals surface area contributed by atoms with Crippen LogP contribution in [0.3, 0.4) is 0 Å². The molecule has 5 nitrogen and oxygen atoms in total. The zero-order chi connectivity index (χ0) is 19.8. The van der Waals surface area contributed by atoms with Gasteiger partial charge < -0.3 is 8.98 Å². The molecule has 5 rings (SSSR count). The molecule has 0 spiro atoms. The van der Waals surface area contributed by atoms with Crippen molar-refractivity contribution in [1.29, 1.82) is 0 Å². The van der Waals surface area contributed by atoms with E-state index in [9.17, 15) is 4.79 Å². The Morgan fingerprint density at radius 1 is 1.14 bits per heavy atom. The Labute approximate surface area is 177 Å². The van der Waals surface area contributed by atoms with E-state index in [1.165, 1.54) is 17.3 Å². The molecular formula is C22H18ClN3O2S. The van der Waals surface area contributed by atoms with E-state index in [1.54, 1.807) is 24.3 Å². The highest BCUT2D eigenvalue weighted by atomic mass is 35.5. The lowest BCUT2D eigenvalue weighted by molar-refractivity contribution is 0.0994. The van der Waals surface area contributed by atoms with Crippen LogP contribution < -0.4 is 0 Å². The first-order chi connectivity index (χ1) is 14.2. The molecule has 146 valence electrons. The lowest BCUT2D eigenvalue weighted by Crippen LogP contribution is -2.07. The molecule has 0 radical (unpaired) electrons. The Kier molecular flexibility index (Phi) is 4.89. The number of rotatable bonds is 7. The normalized spacial score (nSPS) is 13.8. The quantitative estimate of drug-likeness (QED) is 0.287. The second-order valence-corrected chi connectivity index (χ2v) is 8.57. The number of carbonyl (C=O) groups is 1. The van der Waals surface area contributed by atoms with Crippen LogP contribution in [0.2, 0.25) is 5.02 Å². The van der Waals surface area contributed by atoms with Crippen molar-refractivity contribution in [2.24, 2.45) is 0 Å². The van der Waals surface area contributed by atoms with E-state index in [-0.39, 0.29) is 11.5 Å². The molecule has 0 saturated heterocycles. The second-order valence-electron chi connectivity index (χ2n) is 7.19. The van der Waals surface area contributed by atoms with E-state index in [0.717, 1.165) is 29.2 Å². The van der Waals surface area contributed by atoms with Crippen molar-refractivity contribution in [3.8, 4) is 0 Å². The number of hydrogen-bond acceptors (Lipinski definition) is 5. The van der Waals surface area contributed by atoms with Gasteiger partial charge in [-0.3, -0.25) is 4.79 Å². The van der Waals surface area contributed by atoms with Gasteiger partial charge in [0.15, 0.2) is 10.9 Å². The lowest BCUT2D eigenvalue weighted by Gasteiger charge is -2.09. The predicted octanol–water partition coefficient (Wildman–Crippen LogP) is 5.58. The molecule has 2 aromatic carbocycles. The second kappa shape index (κ2) is 7.69. The maximum absolute atomic E-state index is 12.7. The van der Waals surface area contributed by atoms with E-state index >= 15 is 0 Å². The van der Waals surface area contributed by atoms with Crippen LogP contribution in [0.5, 0.6) is 0 Å². The summed E-state index contributed by atoms with van der Waals surface area (Å²) < 4.78 is 7.83. The van der Waals surface area contributed by atoms with Gasteiger partial charge in [0.1, 0.15) is 11.4 Å². The summed E-state index contributed by atoms with van der Waals surface area (Å²) in [6.45, 7) is 0.708. The summed E-state index contributed by atoms with van der Waals surface area (Å²) in [6.07, 6.45) is 2.30. The van der Waals surface area contributed by atoms with Crippen LogP contribution in [0.1, 0.15) is 40.7 Å². The first-order valence-corrected chi connectivity index (χ1v) is 10.9. The number of carbonyl (C=O) groups excluding carboxylic acids is 1. The largest absolute Gasteiger partial charge is 0.453 e. The molecule has 0 bridgehead atoms. The Morgan fingerprint density at radius 2 is 1.97 bits per heavy atom. The Balaban J connectivity index is 1.35. The number of ketones is 1. The van der Waals surface area contributed by atoms with Crippen LogP contribution in [-0.2, 0) is 6.54 Å². The monoisotopic (exact) mass is 423 g/mol. The maximum Gasteiger partial charge on any atom is 0.208 e. The van der Waals surface area contributed by atoms with Gasteiger partial charge in [0.2, 0.25) is 5.78 Å². The summed E-state index contributed by atoms with van der Waals surface area (Å²) in [6, 6.07) is 17.3. The van der Waals surface area contributed by atoms with Crippen LogP contribution in [0, 0.1) is 0 Å². The van der Waals surface area contributed by atoms with Gasteiger partial charge >= 0.3 is 0 Å². The molecule has 1 fully saturated rings. The lowest BCUT2D eigenvalue weighted by atomic mass is 10.2. The number of halogens is 1. The maximum atomic E-state index is 12.7. The summed E-state index contributed by atoms with van der Waals surface area (Å²) in [7, 11) is 0. The Morgan fingerprint density at radius 3 is 2.76 bits per heavy atom. The van der Waals surface area contributed by atoms with Crippen LogP contribution in [0.4, 0.5) is 0 Å². The van der Waals surface area contributed by atoms with Gasteiger partial charge in [0.05, 0.1) is 12.3 Å². The zero-order valence-corrected chi connectivity index (χ0v) is 17.1. The van der Waals surface area contributed by atoms with Crippen LogP contribution in [0.25, 0.3) is 11.0 Å². The third kappa shape index (κ3) is 3.95. The van der Waals surface area contributed by atoms with Crippen molar-refractivity contribution < 1.29 is 9.21 Å². The number of Topliss-reactive ketones (excluding diaryl/α,β-unsaturated/α-hetero) is 1. The van der Waals surface area contributed by atoms with Gasteiger partial charge in [-0.1, -0.05) is 53.7 Å². The summed E-state index contributed by atoms with van der Waals surface area (Å²) in [5.74, 6) is 2.00.